The minimum atomic E-state index is 0.792. The number of pyridine rings is 1. The van der Waals surface area contributed by atoms with Crippen LogP contribution >= 0.6 is 0 Å². The van der Waals surface area contributed by atoms with Crippen molar-refractivity contribution in [3.8, 4) is 11.5 Å². The Kier molecular flexibility index (Phi) is 4.13. The summed E-state index contributed by atoms with van der Waals surface area (Å²) in [6.45, 7) is 3.67. The Morgan fingerprint density at radius 1 is 1.23 bits per heavy atom. The van der Waals surface area contributed by atoms with Crippen molar-refractivity contribution in [1.29, 1.82) is 0 Å². The van der Waals surface area contributed by atoms with E-state index >= 15 is 0 Å². The molecule has 0 aliphatic rings. The van der Waals surface area contributed by atoms with Crippen molar-refractivity contribution < 1.29 is 0 Å². The molecule has 22 heavy (non-hydrogen) atoms. The number of anilines is 1. The van der Waals surface area contributed by atoms with Crippen molar-refractivity contribution in [3.05, 3.63) is 42.5 Å². The third-order valence-corrected chi connectivity index (χ3v) is 3.37. The van der Waals surface area contributed by atoms with Gasteiger partial charge in [0, 0.05) is 38.7 Å². The fourth-order valence-corrected chi connectivity index (χ4v) is 2.15. The molecule has 0 bridgehead atoms. The number of nitrogens with one attached hydrogen (secondary N) is 1. The van der Waals surface area contributed by atoms with Crippen molar-refractivity contribution in [1.82, 2.24) is 29.5 Å². The van der Waals surface area contributed by atoms with Gasteiger partial charge in [-0.05, 0) is 25.0 Å². The number of rotatable bonds is 6. The molecule has 7 nitrogen and oxygen atoms in total. The minimum absolute atomic E-state index is 0.792. The zero-order valence-electron chi connectivity index (χ0n) is 12.8. The maximum Gasteiger partial charge on any atom is 0.161 e. The first kappa shape index (κ1) is 14.2. The van der Waals surface area contributed by atoms with Crippen molar-refractivity contribution in [2.45, 2.75) is 19.9 Å². The second kappa shape index (κ2) is 6.38. The first-order valence-corrected chi connectivity index (χ1v) is 7.27. The van der Waals surface area contributed by atoms with Crippen LogP contribution in [0.1, 0.15) is 12.0 Å². The highest BCUT2D eigenvalue weighted by molar-refractivity contribution is 5.47. The first-order valence-electron chi connectivity index (χ1n) is 7.27. The molecule has 0 fully saturated rings. The number of aromatic nitrogens is 6. The molecule has 114 valence electrons. The first-order chi connectivity index (χ1) is 10.7. The van der Waals surface area contributed by atoms with Crippen molar-refractivity contribution >= 4 is 5.82 Å². The largest absolute Gasteiger partial charge is 0.370 e. The SMILES string of the molecule is Cc1ccc(NCCCn2cc(-c3nccn3C)nn2)nc1. The molecule has 0 aliphatic carbocycles. The van der Waals surface area contributed by atoms with Gasteiger partial charge in [0.15, 0.2) is 5.82 Å². The summed E-state index contributed by atoms with van der Waals surface area (Å²) in [5.41, 5.74) is 1.95. The molecular weight excluding hydrogens is 278 g/mol. The number of imidazole rings is 1. The molecule has 0 aliphatic heterocycles. The average Bonchev–Trinajstić information content (AvgIpc) is 3.14. The predicted octanol–water partition coefficient (Wildman–Crippen LogP) is 1.88. The van der Waals surface area contributed by atoms with Crippen LogP contribution in [0.5, 0.6) is 0 Å². The molecule has 0 unspecified atom stereocenters. The Bertz CT molecular complexity index is 726. The van der Waals surface area contributed by atoms with Gasteiger partial charge in [-0.2, -0.15) is 0 Å². The summed E-state index contributed by atoms with van der Waals surface area (Å²) in [4.78, 5) is 8.58. The predicted molar refractivity (Wildman–Crippen MR) is 84.3 cm³/mol. The van der Waals surface area contributed by atoms with Crippen LogP contribution in [0.25, 0.3) is 11.5 Å². The summed E-state index contributed by atoms with van der Waals surface area (Å²) < 4.78 is 3.77. The fourth-order valence-electron chi connectivity index (χ4n) is 2.15. The quantitative estimate of drug-likeness (QED) is 0.703. The van der Waals surface area contributed by atoms with Gasteiger partial charge in [0.1, 0.15) is 11.5 Å². The topological polar surface area (TPSA) is 73.5 Å². The van der Waals surface area contributed by atoms with Crippen LogP contribution in [0.2, 0.25) is 0 Å². The highest BCUT2D eigenvalue weighted by Gasteiger charge is 2.07. The summed E-state index contributed by atoms with van der Waals surface area (Å²) in [6, 6.07) is 4.04. The zero-order valence-corrected chi connectivity index (χ0v) is 12.8. The van der Waals surface area contributed by atoms with Crippen molar-refractivity contribution in [2.24, 2.45) is 7.05 Å². The molecule has 3 aromatic rings. The monoisotopic (exact) mass is 297 g/mol. The third kappa shape index (κ3) is 3.30. The summed E-state index contributed by atoms with van der Waals surface area (Å²) in [5, 5.41) is 11.6. The van der Waals surface area contributed by atoms with E-state index in [0.717, 1.165) is 42.4 Å². The molecule has 3 heterocycles. The van der Waals surface area contributed by atoms with Gasteiger partial charge in [0.2, 0.25) is 0 Å². The molecule has 3 rings (SSSR count). The minimum Gasteiger partial charge on any atom is -0.370 e. The van der Waals surface area contributed by atoms with Crippen molar-refractivity contribution in [2.75, 3.05) is 11.9 Å². The standard InChI is InChI=1S/C15H19N7/c1-12-4-5-14(18-10-12)16-6-3-8-22-11-13(19-20-22)15-17-7-9-21(15)2/h4-5,7,9-11H,3,6,8H2,1-2H3,(H,16,18). The van der Waals surface area contributed by atoms with E-state index in [4.69, 9.17) is 0 Å². The lowest BCUT2D eigenvalue weighted by Crippen LogP contribution is -2.08. The second-order valence-corrected chi connectivity index (χ2v) is 5.23. The van der Waals surface area contributed by atoms with Gasteiger partial charge in [-0.15, -0.1) is 5.10 Å². The van der Waals surface area contributed by atoms with Gasteiger partial charge in [-0.3, -0.25) is 4.68 Å². The number of hydrogen-bond donors (Lipinski definition) is 1. The van der Waals surface area contributed by atoms with E-state index in [-0.39, 0.29) is 0 Å². The normalized spacial score (nSPS) is 10.8. The Balaban J connectivity index is 1.49. The number of hydrogen-bond acceptors (Lipinski definition) is 5. The van der Waals surface area contributed by atoms with E-state index < -0.39 is 0 Å². The molecule has 0 saturated heterocycles. The lowest BCUT2D eigenvalue weighted by atomic mass is 10.3. The Hall–Kier alpha value is -2.70. The Labute approximate surface area is 129 Å². The summed E-state index contributed by atoms with van der Waals surface area (Å²) >= 11 is 0. The van der Waals surface area contributed by atoms with E-state index in [0.29, 0.717) is 0 Å². The second-order valence-electron chi connectivity index (χ2n) is 5.23. The Morgan fingerprint density at radius 3 is 2.86 bits per heavy atom. The summed E-state index contributed by atoms with van der Waals surface area (Å²) in [6.07, 6.45) is 8.38. The van der Waals surface area contributed by atoms with Gasteiger partial charge in [0.25, 0.3) is 0 Å². The van der Waals surface area contributed by atoms with Crippen LogP contribution < -0.4 is 5.32 Å². The summed E-state index contributed by atoms with van der Waals surface area (Å²) in [5.74, 6) is 1.73. The van der Waals surface area contributed by atoms with Crippen LogP contribution in [0.15, 0.2) is 36.9 Å². The average molecular weight is 297 g/mol. The molecule has 7 heteroatoms. The van der Waals surface area contributed by atoms with Gasteiger partial charge in [0.05, 0.1) is 6.20 Å². The van der Waals surface area contributed by atoms with Gasteiger partial charge < -0.3 is 9.88 Å². The molecular formula is C15H19N7. The highest BCUT2D eigenvalue weighted by atomic mass is 15.4. The van der Waals surface area contributed by atoms with Crippen LogP contribution in [0, 0.1) is 6.92 Å². The maximum absolute atomic E-state index is 4.31. The molecule has 0 saturated carbocycles. The molecule has 0 atom stereocenters. The van der Waals surface area contributed by atoms with Crippen LogP contribution in [-0.4, -0.2) is 36.1 Å². The van der Waals surface area contributed by atoms with Crippen molar-refractivity contribution in [3.63, 3.8) is 0 Å². The third-order valence-electron chi connectivity index (χ3n) is 3.37. The van der Waals surface area contributed by atoms with Crippen LogP contribution in [0.3, 0.4) is 0 Å². The molecule has 0 aromatic carbocycles. The van der Waals surface area contributed by atoms with E-state index in [1.54, 1.807) is 6.20 Å². The van der Waals surface area contributed by atoms with Crippen LogP contribution in [0.4, 0.5) is 5.82 Å². The van der Waals surface area contributed by atoms with Gasteiger partial charge in [-0.1, -0.05) is 11.3 Å². The lowest BCUT2D eigenvalue weighted by Gasteiger charge is -2.05. The van der Waals surface area contributed by atoms with E-state index in [1.807, 2.05) is 53.9 Å². The molecule has 0 amide bonds. The molecule has 0 radical (unpaired) electrons. The zero-order chi connectivity index (χ0) is 15.4. The molecule has 3 aromatic heterocycles. The highest BCUT2D eigenvalue weighted by Crippen LogP contribution is 2.12. The van der Waals surface area contributed by atoms with Gasteiger partial charge in [-0.25, -0.2) is 9.97 Å². The lowest BCUT2D eigenvalue weighted by molar-refractivity contribution is 0.569. The fraction of sp³-hybridized carbons (Fsp3) is 0.333. The maximum atomic E-state index is 4.31. The van der Waals surface area contributed by atoms with E-state index in [1.165, 1.54) is 0 Å². The number of nitrogens with zero attached hydrogens (tertiary/aromatic N) is 6. The Morgan fingerprint density at radius 2 is 2.14 bits per heavy atom. The van der Waals surface area contributed by atoms with E-state index in [9.17, 15) is 0 Å². The molecule has 1 N–H and O–H groups in total. The van der Waals surface area contributed by atoms with Gasteiger partial charge >= 0.3 is 0 Å². The molecule has 0 spiro atoms. The smallest absolute Gasteiger partial charge is 0.161 e. The van der Waals surface area contributed by atoms with E-state index in [2.05, 4.69) is 25.6 Å². The number of aryl methyl sites for hydroxylation is 3. The summed E-state index contributed by atoms with van der Waals surface area (Å²) in [7, 11) is 1.94. The van der Waals surface area contributed by atoms with Crippen LogP contribution in [-0.2, 0) is 13.6 Å².